The van der Waals surface area contributed by atoms with Gasteiger partial charge < -0.3 is 10.2 Å². The van der Waals surface area contributed by atoms with Crippen LogP contribution < -0.4 is 5.32 Å². The number of carbonyl (C=O) groups excluding carboxylic acids is 1. The zero-order valence-corrected chi connectivity index (χ0v) is 14.0. The predicted molar refractivity (Wildman–Crippen MR) is 86.1 cm³/mol. The van der Waals surface area contributed by atoms with E-state index in [2.05, 4.69) is 10.2 Å². The first-order valence-corrected chi connectivity index (χ1v) is 8.02. The smallest absolute Gasteiger partial charge is 0.236 e. The van der Waals surface area contributed by atoms with Crippen LogP contribution in [0, 0.1) is 11.6 Å². The number of hydrogen-bond donors (Lipinski definition) is 1. The lowest BCUT2D eigenvalue weighted by Crippen LogP contribution is -2.48. The van der Waals surface area contributed by atoms with E-state index in [0.29, 0.717) is 18.2 Å². The van der Waals surface area contributed by atoms with Crippen LogP contribution in [0.3, 0.4) is 0 Å². The molecule has 23 heavy (non-hydrogen) atoms. The van der Waals surface area contributed by atoms with Gasteiger partial charge in [0.05, 0.1) is 12.6 Å². The van der Waals surface area contributed by atoms with Gasteiger partial charge in [-0.15, -0.1) is 0 Å². The minimum Gasteiger partial charge on any atom is -0.338 e. The number of halogens is 2. The molecule has 4 nitrogen and oxygen atoms in total. The number of nitrogens with one attached hydrogen (secondary N) is 1. The maximum atomic E-state index is 13.4. The molecule has 1 saturated heterocycles. The molecule has 6 heteroatoms. The van der Waals surface area contributed by atoms with Crippen molar-refractivity contribution in [1.29, 1.82) is 0 Å². The zero-order chi connectivity index (χ0) is 17.0. The summed E-state index contributed by atoms with van der Waals surface area (Å²) in [5.41, 5.74) is 0.589. The fourth-order valence-corrected chi connectivity index (χ4v) is 2.95. The number of amides is 1. The van der Waals surface area contributed by atoms with Crippen molar-refractivity contribution in [2.75, 3.05) is 33.7 Å². The number of hydrogen-bond acceptors (Lipinski definition) is 3. The molecule has 0 bridgehead atoms. The molecule has 1 aliphatic heterocycles. The average molecular weight is 325 g/mol. The molecule has 2 atom stereocenters. The molecular formula is C17H25F2N3O. The van der Waals surface area contributed by atoms with E-state index in [0.717, 1.165) is 38.1 Å². The van der Waals surface area contributed by atoms with Gasteiger partial charge in [0.2, 0.25) is 5.91 Å². The third-order valence-electron chi connectivity index (χ3n) is 4.67. The van der Waals surface area contributed by atoms with Gasteiger partial charge in [0, 0.05) is 19.6 Å². The standard InChI is InChI=1S/C17H25F2N3O/c1-12(13-6-7-15(18)16(19)9-13)21(3)17(23)11-22-8-4-5-14(10-22)20-2/h6-7,9,12,14,20H,4-5,8,10-11H2,1-3H3. The summed E-state index contributed by atoms with van der Waals surface area (Å²) in [5.74, 6) is -1.77. The molecule has 1 aromatic carbocycles. The highest BCUT2D eigenvalue weighted by molar-refractivity contribution is 5.78. The Bertz CT molecular complexity index is 553. The number of piperidine rings is 1. The highest BCUT2D eigenvalue weighted by Crippen LogP contribution is 2.21. The minimum atomic E-state index is -0.886. The lowest BCUT2D eigenvalue weighted by molar-refractivity contribution is -0.133. The Labute approximate surface area is 136 Å². The molecule has 1 heterocycles. The van der Waals surface area contributed by atoms with Gasteiger partial charge in [-0.1, -0.05) is 6.07 Å². The average Bonchev–Trinajstić information content (AvgIpc) is 2.56. The summed E-state index contributed by atoms with van der Waals surface area (Å²) in [5, 5.41) is 3.25. The molecule has 1 aromatic rings. The largest absolute Gasteiger partial charge is 0.338 e. The van der Waals surface area contributed by atoms with Crippen LogP contribution >= 0.6 is 0 Å². The fraction of sp³-hybridized carbons (Fsp3) is 0.588. The van der Waals surface area contributed by atoms with Crippen LogP contribution in [0.1, 0.15) is 31.4 Å². The quantitative estimate of drug-likeness (QED) is 0.901. The van der Waals surface area contributed by atoms with Crippen molar-refractivity contribution >= 4 is 5.91 Å². The molecule has 1 N–H and O–H groups in total. The summed E-state index contributed by atoms with van der Waals surface area (Å²) < 4.78 is 26.4. The molecular weight excluding hydrogens is 300 g/mol. The second kappa shape index (κ2) is 7.84. The number of nitrogens with zero attached hydrogens (tertiary/aromatic N) is 2. The van der Waals surface area contributed by atoms with Crippen LogP contribution in [-0.2, 0) is 4.79 Å². The lowest BCUT2D eigenvalue weighted by Gasteiger charge is -2.34. The molecule has 1 fully saturated rings. The second-order valence-corrected chi connectivity index (χ2v) is 6.22. The number of likely N-dealkylation sites (tertiary alicyclic amines) is 1. The SMILES string of the molecule is CNC1CCCN(CC(=O)N(C)C(C)c2ccc(F)c(F)c2)C1. The second-order valence-electron chi connectivity index (χ2n) is 6.22. The number of rotatable bonds is 5. The highest BCUT2D eigenvalue weighted by atomic mass is 19.2. The third-order valence-corrected chi connectivity index (χ3v) is 4.67. The zero-order valence-electron chi connectivity index (χ0n) is 14.0. The fourth-order valence-electron chi connectivity index (χ4n) is 2.95. The van der Waals surface area contributed by atoms with E-state index in [4.69, 9.17) is 0 Å². The summed E-state index contributed by atoms with van der Waals surface area (Å²) in [4.78, 5) is 16.2. The Morgan fingerprint density at radius 1 is 1.43 bits per heavy atom. The van der Waals surface area contributed by atoms with E-state index in [1.54, 1.807) is 11.9 Å². The summed E-state index contributed by atoms with van der Waals surface area (Å²) in [6.07, 6.45) is 2.20. The van der Waals surface area contributed by atoms with Crippen LogP contribution in [0.15, 0.2) is 18.2 Å². The van der Waals surface area contributed by atoms with Gasteiger partial charge in [0.15, 0.2) is 11.6 Å². The molecule has 1 amide bonds. The van der Waals surface area contributed by atoms with Gasteiger partial charge in [-0.25, -0.2) is 8.78 Å². The highest BCUT2D eigenvalue weighted by Gasteiger charge is 2.24. The molecule has 0 aromatic heterocycles. The molecule has 0 radical (unpaired) electrons. The first kappa shape index (κ1) is 17.8. The minimum absolute atomic E-state index is 0.0148. The van der Waals surface area contributed by atoms with Crippen molar-refractivity contribution in [2.24, 2.45) is 0 Å². The van der Waals surface area contributed by atoms with E-state index in [1.807, 2.05) is 14.0 Å². The molecule has 0 aliphatic carbocycles. The molecule has 2 rings (SSSR count). The van der Waals surface area contributed by atoms with E-state index >= 15 is 0 Å². The van der Waals surface area contributed by atoms with Crippen LogP contribution in [0.5, 0.6) is 0 Å². The Hall–Kier alpha value is -1.53. The van der Waals surface area contributed by atoms with Crippen molar-refractivity contribution in [1.82, 2.24) is 15.1 Å². The Morgan fingerprint density at radius 3 is 2.83 bits per heavy atom. The third kappa shape index (κ3) is 4.48. The number of likely N-dealkylation sites (N-methyl/N-ethyl adjacent to an activating group) is 2. The first-order chi connectivity index (χ1) is 10.9. The lowest BCUT2D eigenvalue weighted by atomic mass is 10.1. The van der Waals surface area contributed by atoms with Crippen LogP contribution in [0.2, 0.25) is 0 Å². The Balaban J connectivity index is 1.96. The van der Waals surface area contributed by atoms with Crippen molar-refractivity contribution in [3.8, 4) is 0 Å². The van der Waals surface area contributed by atoms with E-state index < -0.39 is 11.6 Å². The predicted octanol–water partition coefficient (Wildman–Crippen LogP) is 2.17. The van der Waals surface area contributed by atoms with Crippen molar-refractivity contribution in [3.05, 3.63) is 35.4 Å². The van der Waals surface area contributed by atoms with Crippen molar-refractivity contribution in [2.45, 2.75) is 31.8 Å². The molecule has 2 unspecified atom stereocenters. The van der Waals surface area contributed by atoms with Crippen molar-refractivity contribution in [3.63, 3.8) is 0 Å². The van der Waals surface area contributed by atoms with Gasteiger partial charge in [-0.05, 0) is 51.1 Å². The molecule has 0 spiro atoms. The molecule has 1 aliphatic rings. The molecule has 128 valence electrons. The van der Waals surface area contributed by atoms with Crippen LogP contribution in [-0.4, -0.2) is 55.5 Å². The summed E-state index contributed by atoms with van der Waals surface area (Å²) in [6, 6.07) is 3.89. The normalized spacial score (nSPS) is 20.3. The van der Waals surface area contributed by atoms with E-state index in [1.165, 1.54) is 6.07 Å². The van der Waals surface area contributed by atoms with Crippen LogP contribution in [0.25, 0.3) is 0 Å². The number of carbonyl (C=O) groups is 1. The van der Waals surface area contributed by atoms with Gasteiger partial charge in [0.25, 0.3) is 0 Å². The van der Waals surface area contributed by atoms with E-state index in [-0.39, 0.29) is 11.9 Å². The van der Waals surface area contributed by atoms with Crippen LogP contribution in [0.4, 0.5) is 8.78 Å². The number of benzene rings is 1. The Morgan fingerprint density at radius 2 is 2.17 bits per heavy atom. The summed E-state index contributed by atoms with van der Waals surface area (Å²) in [6.45, 7) is 3.94. The van der Waals surface area contributed by atoms with E-state index in [9.17, 15) is 13.6 Å². The Kier molecular flexibility index (Phi) is 6.07. The van der Waals surface area contributed by atoms with Gasteiger partial charge in [0.1, 0.15) is 0 Å². The first-order valence-electron chi connectivity index (χ1n) is 8.02. The molecule has 0 saturated carbocycles. The van der Waals surface area contributed by atoms with Gasteiger partial charge in [-0.2, -0.15) is 0 Å². The maximum Gasteiger partial charge on any atom is 0.236 e. The van der Waals surface area contributed by atoms with Crippen molar-refractivity contribution < 1.29 is 13.6 Å². The van der Waals surface area contributed by atoms with Gasteiger partial charge >= 0.3 is 0 Å². The maximum absolute atomic E-state index is 13.4. The summed E-state index contributed by atoms with van der Waals surface area (Å²) in [7, 11) is 3.64. The summed E-state index contributed by atoms with van der Waals surface area (Å²) >= 11 is 0. The van der Waals surface area contributed by atoms with Gasteiger partial charge in [-0.3, -0.25) is 9.69 Å². The monoisotopic (exact) mass is 325 g/mol. The topological polar surface area (TPSA) is 35.6 Å².